The van der Waals surface area contributed by atoms with Crippen LogP contribution in [0.15, 0.2) is 70.6 Å². The minimum absolute atomic E-state index is 0.506. The molecule has 0 N–H and O–H groups in total. The maximum Gasteiger partial charge on any atom is 0.0980 e. The number of fused-ring (bicyclic) bond motifs is 4. The summed E-state index contributed by atoms with van der Waals surface area (Å²) in [6.45, 7) is 0.506. The zero-order valence-electron chi connectivity index (χ0n) is 13.0. The van der Waals surface area contributed by atoms with E-state index < -0.39 is 0 Å². The van der Waals surface area contributed by atoms with E-state index in [0.29, 0.717) is 11.6 Å². The van der Waals surface area contributed by atoms with Crippen molar-refractivity contribution in [3.63, 3.8) is 0 Å². The van der Waals surface area contributed by atoms with Gasteiger partial charge in [-0.25, -0.2) is 0 Å². The molecule has 2 aromatic rings. The average Bonchev–Trinajstić information content (AvgIpc) is 3.18. The molecule has 0 amide bonds. The van der Waals surface area contributed by atoms with Gasteiger partial charge in [-0.05, 0) is 42.0 Å². The van der Waals surface area contributed by atoms with Gasteiger partial charge in [0, 0.05) is 27.9 Å². The third kappa shape index (κ3) is 2.16. The van der Waals surface area contributed by atoms with Crippen LogP contribution in [-0.2, 0) is 6.54 Å². The Kier molecular flexibility index (Phi) is 3.27. The topological polar surface area (TPSA) is 30.4 Å². The van der Waals surface area contributed by atoms with E-state index in [-0.39, 0.29) is 0 Å². The normalized spacial score (nSPS) is 13.3. The lowest BCUT2D eigenvalue weighted by Crippen LogP contribution is -2.08. The summed E-state index contributed by atoms with van der Waals surface area (Å²) in [5, 5.41) is 1.39. The molecule has 5 heteroatoms. The van der Waals surface area contributed by atoms with Crippen LogP contribution in [-0.4, -0.2) is 10.3 Å². The van der Waals surface area contributed by atoms with Gasteiger partial charge in [0.1, 0.15) is 0 Å². The molecule has 2 aliphatic heterocycles. The van der Waals surface area contributed by atoms with Gasteiger partial charge in [0.2, 0.25) is 0 Å². The molecule has 0 saturated carbocycles. The Morgan fingerprint density at radius 3 is 2.88 bits per heavy atom. The first-order chi connectivity index (χ1) is 12.2. The molecule has 0 unspecified atom stereocenters. The zero-order valence-corrected chi connectivity index (χ0v) is 14.6. The maximum absolute atomic E-state index is 6.57. The van der Waals surface area contributed by atoms with Gasteiger partial charge in [-0.1, -0.05) is 29.3 Å². The van der Waals surface area contributed by atoms with E-state index in [0.717, 1.165) is 44.4 Å². The van der Waals surface area contributed by atoms with Gasteiger partial charge in [0.05, 0.1) is 41.2 Å². The molecule has 3 nitrogen and oxygen atoms in total. The minimum atomic E-state index is 0.506. The van der Waals surface area contributed by atoms with Crippen LogP contribution < -0.4 is 0 Å². The summed E-state index contributed by atoms with van der Waals surface area (Å²) in [4.78, 5) is 4.89. The van der Waals surface area contributed by atoms with Crippen molar-refractivity contribution in [1.82, 2.24) is 4.57 Å². The molecule has 0 bridgehead atoms. The Morgan fingerprint density at radius 2 is 1.96 bits per heavy atom. The molecule has 1 aliphatic carbocycles. The Labute approximate surface area is 154 Å². The Balaban J connectivity index is 1.79. The van der Waals surface area contributed by atoms with Crippen molar-refractivity contribution < 1.29 is 4.42 Å². The summed E-state index contributed by atoms with van der Waals surface area (Å²) >= 11 is 13.0. The van der Waals surface area contributed by atoms with E-state index in [9.17, 15) is 0 Å². The van der Waals surface area contributed by atoms with Crippen molar-refractivity contribution in [2.75, 3.05) is 0 Å². The van der Waals surface area contributed by atoms with Gasteiger partial charge < -0.3 is 8.98 Å². The molecule has 25 heavy (non-hydrogen) atoms. The quantitative estimate of drug-likeness (QED) is 0.416. The highest BCUT2D eigenvalue weighted by Gasteiger charge is 2.25. The van der Waals surface area contributed by atoms with Gasteiger partial charge in [-0.2, -0.15) is 0 Å². The van der Waals surface area contributed by atoms with Gasteiger partial charge in [-0.3, -0.25) is 4.99 Å². The Bertz CT molecular complexity index is 1110. The van der Waals surface area contributed by atoms with Crippen molar-refractivity contribution >= 4 is 28.9 Å². The standard InChI is InChI=1S/C20H12Cl2N2O/c21-15-3-1-4-17-14(15)10-23-20(18-5-2-7-24(17)18)19-13-6-8-25-11-12(13)9-16(19)22/h1-9,11H,10H2. The SMILES string of the molecule is Clc1cccc2c1CN=C(c1c(Cl)cc3coccc1-3)c1cccn1-2. The van der Waals surface area contributed by atoms with Crippen LogP contribution in [0.25, 0.3) is 16.8 Å². The molecule has 0 radical (unpaired) electrons. The molecule has 0 atom stereocenters. The van der Waals surface area contributed by atoms with Gasteiger partial charge in [-0.15, -0.1) is 0 Å². The summed E-state index contributed by atoms with van der Waals surface area (Å²) in [7, 11) is 0. The van der Waals surface area contributed by atoms with Crippen molar-refractivity contribution in [1.29, 1.82) is 0 Å². The summed E-state index contributed by atoms with van der Waals surface area (Å²) < 4.78 is 7.39. The lowest BCUT2D eigenvalue weighted by atomic mass is 10.0. The first-order valence-electron chi connectivity index (χ1n) is 7.89. The van der Waals surface area contributed by atoms with E-state index in [1.807, 2.05) is 36.5 Å². The number of halogens is 2. The van der Waals surface area contributed by atoms with Crippen molar-refractivity contribution in [2.24, 2.45) is 4.99 Å². The van der Waals surface area contributed by atoms with E-state index in [1.54, 1.807) is 12.5 Å². The van der Waals surface area contributed by atoms with E-state index in [1.165, 1.54) is 0 Å². The Morgan fingerprint density at radius 1 is 1.04 bits per heavy atom. The van der Waals surface area contributed by atoms with Crippen LogP contribution in [0.1, 0.15) is 16.8 Å². The number of benzene rings is 1. The van der Waals surface area contributed by atoms with Crippen LogP contribution in [0.5, 0.6) is 0 Å². The van der Waals surface area contributed by atoms with Crippen LogP contribution in [0.2, 0.25) is 10.0 Å². The third-order valence-electron chi connectivity index (χ3n) is 4.59. The second-order valence-electron chi connectivity index (χ2n) is 5.96. The fourth-order valence-corrected chi connectivity index (χ4v) is 3.99. The fourth-order valence-electron chi connectivity index (χ4n) is 3.46. The highest BCUT2D eigenvalue weighted by atomic mass is 35.5. The minimum Gasteiger partial charge on any atom is -0.472 e. The number of hydrogen-bond acceptors (Lipinski definition) is 2. The third-order valence-corrected chi connectivity index (χ3v) is 5.24. The molecular formula is C20H12Cl2N2O. The molecule has 0 spiro atoms. The van der Waals surface area contributed by atoms with Crippen molar-refractivity contribution in [2.45, 2.75) is 6.54 Å². The largest absolute Gasteiger partial charge is 0.472 e. The first kappa shape index (κ1) is 14.8. The summed E-state index contributed by atoms with van der Waals surface area (Å²) in [6.07, 6.45) is 5.39. The predicted molar refractivity (Wildman–Crippen MR) is 100 cm³/mol. The molecular weight excluding hydrogens is 355 g/mol. The monoisotopic (exact) mass is 366 g/mol. The number of rotatable bonds is 1. The fraction of sp³-hybridized carbons (Fsp3) is 0.0500. The van der Waals surface area contributed by atoms with E-state index in [4.69, 9.17) is 32.6 Å². The molecule has 3 aliphatic rings. The molecule has 1 aromatic carbocycles. The highest BCUT2D eigenvalue weighted by molar-refractivity contribution is 6.37. The van der Waals surface area contributed by atoms with E-state index >= 15 is 0 Å². The highest BCUT2D eigenvalue weighted by Crippen LogP contribution is 2.38. The number of hydrogen-bond donors (Lipinski definition) is 0. The van der Waals surface area contributed by atoms with E-state index in [2.05, 4.69) is 16.7 Å². The molecule has 3 heterocycles. The van der Waals surface area contributed by atoms with Gasteiger partial charge in [0.15, 0.2) is 0 Å². The average molecular weight is 367 g/mol. The summed E-state index contributed by atoms with van der Waals surface area (Å²) in [6, 6.07) is 13.8. The molecule has 0 saturated heterocycles. The second-order valence-corrected chi connectivity index (χ2v) is 6.77. The smallest absolute Gasteiger partial charge is 0.0980 e. The summed E-state index contributed by atoms with van der Waals surface area (Å²) in [5.74, 6) is 0. The number of aliphatic imine (C=N–C) groups is 1. The summed E-state index contributed by atoms with van der Waals surface area (Å²) in [5.41, 5.74) is 6.84. The van der Waals surface area contributed by atoms with Crippen LogP contribution in [0.4, 0.5) is 0 Å². The lowest BCUT2D eigenvalue weighted by Gasteiger charge is -2.12. The maximum atomic E-state index is 6.57. The molecule has 122 valence electrons. The lowest BCUT2D eigenvalue weighted by molar-refractivity contribution is 0.552. The van der Waals surface area contributed by atoms with Crippen LogP contribution in [0.3, 0.4) is 0 Å². The number of aromatic nitrogens is 1. The van der Waals surface area contributed by atoms with Crippen molar-refractivity contribution in [3.05, 3.63) is 88.1 Å². The number of nitrogens with zero attached hydrogens (tertiary/aromatic N) is 2. The first-order valence-corrected chi connectivity index (χ1v) is 8.64. The Hall–Kier alpha value is -2.49. The molecule has 1 aromatic heterocycles. The van der Waals surface area contributed by atoms with Crippen LogP contribution in [0, 0.1) is 0 Å². The zero-order chi connectivity index (χ0) is 17.0. The van der Waals surface area contributed by atoms with Gasteiger partial charge >= 0.3 is 0 Å². The predicted octanol–water partition coefficient (Wildman–Crippen LogP) is 5.83. The van der Waals surface area contributed by atoms with Crippen LogP contribution >= 0.6 is 23.2 Å². The second kappa shape index (κ2) is 5.51. The van der Waals surface area contributed by atoms with Gasteiger partial charge in [0.25, 0.3) is 0 Å². The molecule has 0 fully saturated rings. The van der Waals surface area contributed by atoms with Crippen molar-refractivity contribution in [3.8, 4) is 16.8 Å². The molecule has 5 rings (SSSR count).